The van der Waals surface area contributed by atoms with E-state index in [1.807, 2.05) is 32.0 Å². The predicted octanol–water partition coefficient (Wildman–Crippen LogP) is 6.39. The number of nitrogens with zero attached hydrogens (tertiary/aromatic N) is 1. The first kappa shape index (κ1) is 25.3. The smallest absolute Gasteiger partial charge is 0.266 e. The van der Waals surface area contributed by atoms with Gasteiger partial charge in [0.2, 0.25) is 0 Å². The zero-order chi connectivity index (χ0) is 25.2. The van der Waals surface area contributed by atoms with Gasteiger partial charge in [-0.2, -0.15) is 5.26 Å². The van der Waals surface area contributed by atoms with Gasteiger partial charge in [-0.1, -0.05) is 42.0 Å². The number of halogens is 1. The molecule has 5 nitrogen and oxygen atoms in total. The van der Waals surface area contributed by atoms with Gasteiger partial charge in [-0.25, -0.2) is 4.39 Å². The van der Waals surface area contributed by atoms with Gasteiger partial charge in [0.25, 0.3) is 5.91 Å². The molecule has 1 amide bonds. The Morgan fingerprint density at radius 3 is 2.51 bits per heavy atom. The molecule has 0 unspecified atom stereocenters. The SMILES string of the molecule is C=CCc1cc(/C=C(/C#N)C(=O)Nc2ccc(C)cc2)cc(OCC)c1OCc1ccccc1F. The number of amides is 1. The van der Waals surface area contributed by atoms with E-state index < -0.39 is 5.91 Å². The fourth-order valence-electron chi connectivity index (χ4n) is 3.42. The highest BCUT2D eigenvalue weighted by Gasteiger charge is 2.16. The largest absolute Gasteiger partial charge is 0.490 e. The summed E-state index contributed by atoms with van der Waals surface area (Å²) < 4.78 is 25.9. The second kappa shape index (κ2) is 12.2. The van der Waals surface area contributed by atoms with Gasteiger partial charge in [0.15, 0.2) is 11.5 Å². The Morgan fingerprint density at radius 2 is 1.86 bits per heavy atom. The summed E-state index contributed by atoms with van der Waals surface area (Å²) in [4.78, 5) is 12.7. The normalized spacial score (nSPS) is 10.9. The van der Waals surface area contributed by atoms with Gasteiger partial charge in [0.05, 0.1) is 6.61 Å². The number of rotatable bonds is 10. The fraction of sp³-hybridized carbons (Fsp3) is 0.172. The van der Waals surface area contributed by atoms with E-state index in [4.69, 9.17) is 9.47 Å². The average Bonchev–Trinajstić information content (AvgIpc) is 2.84. The summed E-state index contributed by atoms with van der Waals surface area (Å²) in [7, 11) is 0. The minimum absolute atomic E-state index is 0.0223. The fourth-order valence-corrected chi connectivity index (χ4v) is 3.42. The molecule has 35 heavy (non-hydrogen) atoms. The maximum atomic E-state index is 14.1. The molecule has 0 fully saturated rings. The number of anilines is 1. The van der Waals surface area contributed by atoms with Gasteiger partial charge in [0, 0.05) is 16.8 Å². The van der Waals surface area contributed by atoms with E-state index in [0.717, 1.165) is 11.1 Å². The van der Waals surface area contributed by atoms with Crippen molar-refractivity contribution >= 4 is 17.7 Å². The van der Waals surface area contributed by atoms with Crippen molar-refractivity contribution in [1.29, 1.82) is 5.26 Å². The zero-order valence-corrected chi connectivity index (χ0v) is 19.8. The molecular formula is C29H27FN2O3. The summed E-state index contributed by atoms with van der Waals surface area (Å²) in [6, 6.07) is 19.2. The first-order valence-electron chi connectivity index (χ1n) is 11.2. The first-order valence-corrected chi connectivity index (χ1v) is 11.2. The molecule has 0 heterocycles. The van der Waals surface area contributed by atoms with Crippen molar-refractivity contribution in [1.82, 2.24) is 0 Å². The minimum atomic E-state index is -0.514. The van der Waals surface area contributed by atoms with E-state index in [2.05, 4.69) is 11.9 Å². The molecule has 0 aliphatic heterocycles. The second-order valence-electron chi connectivity index (χ2n) is 7.80. The van der Waals surface area contributed by atoms with Crippen LogP contribution in [0.4, 0.5) is 10.1 Å². The number of allylic oxidation sites excluding steroid dienone is 1. The van der Waals surface area contributed by atoms with Gasteiger partial charge in [-0.3, -0.25) is 4.79 Å². The molecule has 0 saturated heterocycles. The van der Waals surface area contributed by atoms with Crippen LogP contribution in [0.3, 0.4) is 0 Å². The summed E-state index contributed by atoms with van der Waals surface area (Å²) in [5, 5.41) is 12.4. The Bertz CT molecular complexity index is 1270. The number of ether oxygens (including phenoxy) is 2. The highest BCUT2D eigenvalue weighted by molar-refractivity contribution is 6.09. The average molecular weight is 471 g/mol. The second-order valence-corrected chi connectivity index (χ2v) is 7.80. The van der Waals surface area contributed by atoms with E-state index in [1.54, 1.807) is 48.5 Å². The van der Waals surface area contributed by atoms with Crippen LogP contribution in [-0.4, -0.2) is 12.5 Å². The molecule has 6 heteroatoms. The molecular weight excluding hydrogens is 443 g/mol. The number of hydrogen-bond acceptors (Lipinski definition) is 4. The Kier molecular flexibility index (Phi) is 8.80. The van der Waals surface area contributed by atoms with Crippen LogP contribution >= 0.6 is 0 Å². The third kappa shape index (κ3) is 6.81. The van der Waals surface area contributed by atoms with Crippen LogP contribution in [0.5, 0.6) is 11.5 Å². The lowest BCUT2D eigenvalue weighted by atomic mass is 10.0. The number of carbonyl (C=O) groups is 1. The van der Waals surface area contributed by atoms with Crippen molar-refractivity contribution in [2.24, 2.45) is 0 Å². The van der Waals surface area contributed by atoms with Crippen molar-refractivity contribution in [2.45, 2.75) is 26.9 Å². The summed E-state index contributed by atoms with van der Waals surface area (Å²) in [6.45, 7) is 7.99. The maximum absolute atomic E-state index is 14.1. The van der Waals surface area contributed by atoms with E-state index >= 15 is 0 Å². The molecule has 0 aliphatic carbocycles. The van der Waals surface area contributed by atoms with E-state index in [0.29, 0.717) is 41.3 Å². The molecule has 0 aromatic heterocycles. The molecule has 0 radical (unpaired) electrons. The summed E-state index contributed by atoms with van der Waals surface area (Å²) in [6.07, 6.45) is 3.66. The molecule has 0 atom stereocenters. The van der Waals surface area contributed by atoms with Gasteiger partial charge in [-0.15, -0.1) is 6.58 Å². The van der Waals surface area contributed by atoms with Gasteiger partial charge >= 0.3 is 0 Å². The Labute approximate surface area is 205 Å². The zero-order valence-electron chi connectivity index (χ0n) is 19.8. The summed E-state index contributed by atoms with van der Waals surface area (Å²) in [5.41, 5.74) is 3.36. The van der Waals surface area contributed by atoms with E-state index in [1.165, 1.54) is 12.1 Å². The molecule has 1 N–H and O–H groups in total. The minimum Gasteiger partial charge on any atom is -0.490 e. The number of aryl methyl sites for hydroxylation is 1. The Morgan fingerprint density at radius 1 is 1.11 bits per heavy atom. The topological polar surface area (TPSA) is 71.4 Å². The number of carbonyl (C=O) groups excluding carboxylic acids is 1. The number of hydrogen-bond donors (Lipinski definition) is 1. The van der Waals surface area contributed by atoms with Crippen LogP contribution in [-0.2, 0) is 17.8 Å². The Balaban J connectivity index is 1.93. The number of nitrogens with one attached hydrogen (secondary N) is 1. The summed E-state index contributed by atoms with van der Waals surface area (Å²) in [5.74, 6) is 0.0356. The van der Waals surface area contributed by atoms with E-state index in [9.17, 15) is 14.4 Å². The van der Waals surface area contributed by atoms with Crippen LogP contribution in [0.25, 0.3) is 6.08 Å². The monoisotopic (exact) mass is 470 g/mol. The molecule has 0 saturated carbocycles. The third-order valence-electron chi connectivity index (χ3n) is 5.13. The molecule has 3 aromatic carbocycles. The molecule has 178 valence electrons. The summed E-state index contributed by atoms with van der Waals surface area (Å²) >= 11 is 0. The lowest BCUT2D eigenvalue weighted by Gasteiger charge is -2.17. The van der Waals surface area contributed by atoms with Crippen LogP contribution in [0.15, 0.2) is 78.9 Å². The van der Waals surface area contributed by atoms with Gasteiger partial charge < -0.3 is 14.8 Å². The molecule has 3 rings (SSSR count). The van der Waals surface area contributed by atoms with Crippen molar-refractivity contribution in [3.8, 4) is 17.6 Å². The van der Waals surface area contributed by atoms with Gasteiger partial charge in [-0.05, 0) is 62.2 Å². The van der Waals surface area contributed by atoms with Crippen molar-refractivity contribution in [2.75, 3.05) is 11.9 Å². The van der Waals surface area contributed by atoms with Crippen molar-refractivity contribution in [3.05, 3.63) is 107 Å². The highest BCUT2D eigenvalue weighted by atomic mass is 19.1. The van der Waals surface area contributed by atoms with Crippen LogP contribution in [0, 0.1) is 24.1 Å². The van der Waals surface area contributed by atoms with Crippen molar-refractivity contribution < 1.29 is 18.7 Å². The van der Waals surface area contributed by atoms with Crippen molar-refractivity contribution in [3.63, 3.8) is 0 Å². The van der Waals surface area contributed by atoms with E-state index in [-0.39, 0.29) is 18.0 Å². The molecule has 0 aliphatic rings. The lowest BCUT2D eigenvalue weighted by molar-refractivity contribution is -0.112. The van der Waals surface area contributed by atoms with Crippen LogP contribution in [0.1, 0.15) is 29.2 Å². The predicted molar refractivity (Wildman–Crippen MR) is 136 cm³/mol. The standard InChI is InChI=1S/C29H27FN2O3/c1-4-8-22-15-21(16-24(18-31)29(33)32-25-13-11-20(3)12-14-25)17-27(34-5-2)28(22)35-19-23-9-6-7-10-26(23)30/h4,6-7,9-17H,1,5,8,19H2,2-3H3,(H,32,33)/b24-16-. The molecule has 3 aromatic rings. The van der Waals surface area contributed by atoms with Gasteiger partial charge in [0.1, 0.15) is 24.1 Å². The number of benzene rings is 3. The maximum Gasteiger partial charge on any atom is 0.266 e. The highest BCUT2D eigenvalue weighted by Crippen LogP contribution is 2.35. The lowest BCUT2D eigenvalue weighted by Crippen LogP contribution is -2.13. The number of nitriles is 1. The van der Waals surface area contributed by atoms with Crippen LogP contribution in [0.2, 0.25) is 0 Å². The quantitative estimate of drug-likeness (QED) is 0.212. The van der Waals surface area contributed by atoms with Crippen LogP contribution < -0.4 is 14.8 Å². The first-order chi connectivity index (χ1) is 16.9. The third-order valence-corrected chi connectivity index (χ3v) is 5.13. The molecule has 0 spiro atoms. The Hall–Kier alpha value is -4.37. The molecule has 0 bridgehead atoms.